The molecule has 0 spiro atoms. The van der Waals surface area contributed by atoms with Crippen molar-refractivity contribution in [2.75, 3.05) is 7.11 Å². The predicted molar refractivity (Wildman–Crippen MR) is 114 cm³/mol. The number of rotatable bonds is 8. The van der Waals surface area contributed by atoms with Crippen LogP contribution in [0.4, 0.5) is 0 Å². The van der Waals surface area contributed by atoms with E-state index in [9.17, 15) is 9.59 Å². The van der Waals surface area contributed by atoms with Gasteiger partial charge < -0.3 is 9.84 Å². The van der Waals surface area contributed by atoms with Crippen LogP contribution in [-0.4, -0.2) is 33.7 Å². The molecule has 1 heterocycles. The largest absolute Gasteiger partial charge is 0.497 e. The van der Waals surface area contributed by atoms with Crippen molar-refractivity contribution in [2.24, 2.45) is 0 Å². The zero-order valence-corrected chi connectivity index (χ0v) is 17.3. The Kier molecular flexibility index (Phi) is 6.61. The predicted octanol–water partition coefficient (Wildman–Crippen LogP) is 4.69. The van der Waals surface area contributed by atoms with Crippen LogP contribution in [0.3, 0.4) is 0 Å². The summed E-state index contributed by atoms with van der Waals surface area (Å²) in [7, 11) is 1.57. The fraction of sp³-hybridized carbons (Fsp3) is 0.136. The molecule has 0 aliphatic rings. The molecule has 0 amide bonds. The maximum absolute atomic E-state index is 12.5. The highest BCUT2D eigenvalue weighted by Crippen LogP contribution is 2.26. The molecule has 0 saturated carbocycles. The Morgan fingerprint density at radius 1 is 1.21 bits per heavy atom. The van der Waals surface area contributed by atoms with Crippen LogP contribution in [0.1, 0.15) is 22.3 Å². The molecule has 0 fully saturated rings. The van der Waals surface area contributed by atoms with Crippen molar-refractivity contribution in [2.45, 2.75) is 13.0 Å². The van der Waals surface area contributed by atoms with E-state index in [2.05, 4.69) is 21.0 Å². The van der Waals surface area contributed by atoms with Crippen molar-refractivity contribution >= 4 is 33.8 Å². The molecule has 1 N–H and O–H groups in total. The number of carboxylic acid groups (broad SMARTS) is 1. The molecule has 6 nitrogen and oxygen atoms in total. The van der Waals surface area contributed by atoms with Crippen LogP contribution in [0.2, 0.25) is 0 Å². The van der Waals surface area contributed by atoms with Gasteiger partial charge in [-0.25, -0.2) is 0 Å². The lowest BCUT2D eigenvalue weighted by atomic mass is 10.1. The second kappa shape index (κ2) is 9.34. The first-order valence-corrected chi connectivity index (χ1v) is 9.67. The van der Waals surface area contributed by atoms with E-state index < -0.39 is 5.97 Å². The van der Waals surface area contributed by atoms with E-state index in [1.165, 1.54) is 6.08 Å². The van der Waals surface area contributed by atoms with Gasteiger partial charge in [0.15, 0.2) is 5.78 Å². The van der Waals surface area contributed by atoms with E-state index in [0.717, 1.165) is 15.6 Å². The third-order valence-corrected chi connectivity index (χ3v) is 4.72. The molecule has 3 aromatic rings. The molecule has 0 bridgehead atoms. The van der Waals surface area contributed by atoms with Gasteiger partial charge in [0, 0.05) is 27.4 Å². The Morgan fingerprint density at radius 2 is 1.97 bits per heavy atom. The SMILES string of the molecule is COc1ccc(C(=O)C=Cc2cn(CCC(=O)O)nc2-c2cccc(Br)c2)cc1. The summed E-state index contributed by atoms with van der Waals surface area (Å²) < 4.78 is 7.60. The quantitative estimate of drug-likeness (QED) is 0.394. The molecule has 2 aromatic carbocycles. The summed E-state index contributed by atoms with van der Waals surface area (Å²) >= 11 is 3.45. The van der Waals surface area contributed by atoms with E-state index >= 15 is 0 Å². The molecule has 7 heteroatoms. The highest BCUT2D eigenvalue weighted by Gasteiger charge is 2.11. The Labute approximate surface area is 176 Å². The number of nitrogens with zero attached hydrogens (tertiary/aromatic N) is 2. The Morgan fingerprint density at radius 3 is 2.62 bits per heavy atom. The smallest absolute Gasteiger partial charge is 0.305 e. The summed E-state index contributed by atoms with van der Waals surface area (Å²) in [6, 6.07) is 14.5. The number of hydrogen-bond acceptors (Lipinski definition) is 4. The van der Waals surface area contributed by atoms with Crippen molar-refractivity contribution in [3.8, 4) is 17.0 Å². The highest BCUT2D eigenvalue weighted by atomic mass is 79.9. The number of allylic oxidation sites excluding steroid dienone is 1. The van der Waals surface area contributed by atoms with Gasteiger partial charge in [0.25, 0.3) is 0 Å². The number of ketones is 1. The Hall–Kier alpha value is -3.19. The second-order valence-electron chi connectivity index (χ2n) is 6.28. The maximum Gasteiger partial charge on any atom is 0.305 e. The van der Waals surface area contributed by atoms with Crippen LogP contribution < -0.4 is 4.74 Å². The van der Waals surface area contributed by atoms with E-state index in [1.807, 2.05) is 24.3 Å². The third-order valence-electron chi connectivity index (χ3n) is 4.23. The van der Waals surface area contributed by atoms with E-state index in [-0.39, 0.29) is 18.7 Å². The minimum Gasteiger partial charge on any atom is -0.497 e. The number of aryl methyl sites for hydroxylation is 1. The molecule has 1 aromatic heterocycles. The molecule has 148 valence electrons. The minimum atomic E-state index is -0.892. The molecule has 29 heavy (non-hydrogen) atoms. The number of carbonyl (C=O) groups excluding carboxylic acids is 1. The van der Waals surface area contributed by atoms with Gasteiger partial charge in [-0.3, -0.25) is 14.3 Å². The Bertz CT molecular complexity index is 1050. The number of methoxy groups -OCH3 is 1. The molecular weight excluding hydrogens is 436 g/mol. The molecule has 0 radical (unpaired) electrons. The summed E-state index contributed by atoms with van der Waals surface area (Å²) in [5.41, 5.74) is 2.82. The molecule has 0 saturated heterocycles. The van der Waals surface area contributed by atoms with Crippen LogP contribution in [-0.2, 0) is 11.3 Å². The average Bonchev–Trinajstić information content (AvgIpc) is 3.14. The standard InChI is InChI=1S/C22H19BrN2O4/c1-29-19-8-5-15(6-9-19)20(26)10-7-17-14-25(12-11-21(27)28)24-22(17)16-3-2-4-18(23)13-16/h2-10,13-14H,11-12H2,1H3,(H,27,28). The van der Waals surface area contributed by atoms with E-state index in [4.69, 9.17) is 9.84 Å². The number of aromatic nitrogens is 2. The monoisotopic (exact) mass is 454 g/mol. The molecular formula is C22H19BrN2O4. The van der Waals surface area contributed by atoms with Gasteiger partial charge >= 0.3 is 5.97 Å². The number of ether oxygens (including phenoxy) is 1. The zero-order valence-electron chi connectivity index (χ0n) is 15.7. The zero-order chi connectivity index (χ0) is 20.8. The fourth-order valence-corrected chi connectivity index (χ4v) is 3.16. The van der Waals surface area contributed by atoms with Gasteiger partial charge in [0.05, 0.1) is 25.8 Å². The maximum atomic E-state index is 12.5. The number of benzene rings is 2. The number of carbonyl (C=O) groups is 2. The van der Waals surface area contributed by atoms with Crippen LogP contribution in [0.5, 0.6) is 5.75 Å². The lowest BCUT2D eigenvalue weighted by molar-refractivity contribution is -0.137. The van der Waals surface area contributed by atoms with Crippen molar-refractivity contribution < 1.29 is 19.4 Å². The Balaban J connectivity index is 1.90. The van der Waals surface area contributed by atoms with E-state index in [0.29, 0.717) is 17.0 Å². The average molecular weight is 455 g/mol. The van der Waals surface area contributed by atoms with Gasteiger partial charge in [-0.15, -0.1) is 0 Å². The number of hydrogen-bond donors (Lipinski definition) is 1. The van der Waals surface area contributed by atoms with Gasteiger partial charge in [-0.2, -0.15) is 5.10 Å². The van der Waals surface area contributed by atoms with Crippen LogP contribution in [0, 0.1) is 0 Å². The first-order chi connectivity index (χ1) is 14.0. The third kappa shape index (κ3) is 5.42. The summed E-state index contributed by atoms with van der Waals surface area (Å²) in [6.45, 7) is 0.247. The van der Waals surface area contributed by atoms with Crippen LogP contribution >= 0.6 is 15.9 Å². The van der Waals surface area contributed by atoms with Gasteiger partial charge in [0.2, 0.25) is 0 Å². The molecule has 0 aliphatic carbocycles. The topological polar surface area (TPSA) is 81.4 Å². The van der Waals surface area contributed by atoms with Crippen molar-refractivity contribution in [1.82, 2.24) is 9.78 Å². The lowest BCUT2D eigenvalue weighted by Gasteiger charge is -2.01. The van der Waals surface area contributed by atoms with Crippen LogP contribution in [0.15, 0.2) is 65.3 Å². The molecule has 0 atom stereocenters. The summed E-state index contributed by atoms with van der Waals surface area (Å²) in [5, 5.41) is 13.4. The first kappa shape index (κ1) is 20.5. The van der Waals surface area contributed by atoms with Gasteiger partial charge in [0.1, 0.15) is 5.75 Å². The van der Waals surface area contributed by atoms with Gasteiger partial charge in [-0.05, 0) is 48.6 Å². The van der Waals surface area contributed by atoms with Crippen molar-refractivity contribution in [3.05, 3.63) is 76.4 Å². The first-order valence-electron chi connectivity index (χ1n) is 8.88. The summed E-state index contributed by atoms with van der Waals surface area (Å²) in [4.78, 5) is 23.4. The molecule has 3 rings (SSSR count). The fourth-order valence-electron chi connectivity index (χ4n) is 2.76. The minimum absolute atomic E-state index is 0.0342. The summed E-state index contributed by atoms with van der Waals surface area (Å²) in [5.74, 6) is -0.357. The van der Waals surface area contributed by atoms with Gasteiger partial charge in [-0.1, -0.05) is 28.1 Å². The number of halogens is 1. The number of carboxylic acids is 1. The van der Waals surface area contributed by atoms with Crippen LogP contribution in [0.25, 0.3) is 17.3 Å². The van der Waals surface area contributed by atoms with Crippen molar-refractivity contribution in [1.29, 1.82) is 0 Å². The lowest BCUT2D eigenvalue weighted by Crippen LogP contribution is -2.04. The number of aliphatic carboxylic acids is 1. The van der Waals surface area contributed by atoms with E-state index in [1.54, 1.807) is 48.3 Å². The molecule has 0 aliphatic heterocycles. The molecule has 0 unspecified atom stereocenters. The second-order valence-corrected chi connectivity index (χ2v) is 7.19. The highest BCUT2D eigenvalue weighted by molar-refractivity contribution is 9.10. The summed E-state index contributed by atoms with van der Waals surface area (Å²) in [6.07, 6.45) is 4.90. The van der Waals surface area contributed by atoms with Crippen molar-refractivity contribution in [3.63, 3.8) is 0 Å². The normalized spacial score (nSPS) is 11.0.